The van der Waals surface area contributed by atoms with E-state index in [2.05, 4.69) is 15.6 Å². The van der Waals surface area contributed by atoms with Crippen LogP contribution in [-0.4, -0.2) is 21.4 Å². The summed E-state index contributed by atoms with van der Waals surface area (Å²) < 4.78 is 1.99. The van der Waals surface area contributed by atoms with Crippen LogP contribution in [0, 0.1) is 6.92 Å². The number of carbonyl (C=O) groups is 2. The molecule has 0 saturated heterocycles. The summed E-state index contributed by atoms with van der Waals surface area (Å²) in [7, 11) is 0. The zero-order valence-electron chi connectivity index (χ0n) is 15.0. The Labute approximate surface area is 157 Å². The fourth-order valence-corrected chi connectivity index (χ4v) is 3.46. The average Bonchev–Trinajstić information content (AvgIpc) is 3.24. The molecule has 0 unspecified atom stereocenters. The normalized spacial score (nSPS) is 15.3. The highest BCUT2D eigenvalue weighted by Crippen LogP contribution is 2.27. The molecule has 2 N–H and O–H groups in total. The van der Waals surface area contributed by atoms with Crippen molar-refractivity contribution in [1.82, 2.24) is 20.2 Å². The van der Waals surface area contributed by atoms with Gasteiger partial charge in [-0.2, -0.15) is 0 Å². The van der Waals surface area contributed by atoms with Crippen LogP contribution in [0.15, 0.2) is 60.9 Å². The fourth-order valence-electron chi connectivity index (χ4n) is 3.46. The van der Waals surface area contributed by atoms with Gasteiger partial charge in [0, 0.05) is 24.5 Å². The summed E-state index contributed by atoms with van der Waals surface area (Å²) in [5.74, 6) is 0.664. The molecule has 1 aromatic heterocycles. The lowest BCUT2D eigenvalue weighted by molar-refractivity contribution is -0.121. The number of nitrogens with zero attached hydrogens (tertiary/aromatic N) is 2. The molecule has 3 aromatic rings. The SMILES string of the molecule is Cc1nccn1-c1ccccc1CNC(=O)C[C@H]1NC(=O)c2ccccc21. The lowest BCUT2D eigenvalue weighted by Gasteiger charge is -2.14. The van der Waals surface area contributed by atoms with E-state index in [0.29, 0.717) is 12.1 Å². The number of nitrogens with one attached hydrogen (secondary N) is 2. The van der Waals surface area contributed by atoms with Crippen LogP contribution in [0.5, 0.6) is 0 Å². The summed E-state index contributed by atoms with van der Waals surface area (Å²) in [5.41, 5.74) is 3.53. The molecule has 0 fully saturated rings. The van der Waals surface area contributed by atoms with Crippen molar-refractivity contribution < 1.29 is 9.59 Å². The smallest absolute Gasteiger partial charge is 0.252 e. The van der Waals surface area contributed by atoms with Crippen LogP contribution < -0.4 is 10.6 Å². The third kappa shape index (κ3) is 3.33. The number of hydrogen-bond acceptors (Lipinski definition) is 3. The predicted molar refractivity (Wildman–Crippen MR) is 101 cm³/mol. The van der Waals surface area contributed by atoms with Crippen LogP contribution in [0.1, 0.15) is 39.8 Å². The minimum atomic E-state index is -0.278. The lowest BCUT2D eigenvalue weighted by Crippen LogP contribution is -2.29. The molecule has 0 bridgehead atoms. The minimum absolute atomic E-state index is 0.103. The summed E-state index contributed by atoms with van der Waals surface area (Å²) in [5, 5.41) is 5.85. The van der Waals surface area contributed by atoms with Gasteiger partial charge in [0.15, 0.2) is 0 Å². The van der Waals surface area contributed by atoms with Crippen LogP contribution in [0.2, 0.25) is 0 Å². The van der Waals surface area contributed by atoms with Gasteiger partial charge < -0.3 is 15.2 Å². The maximum atomic E-state index is 12.5. The first-order valence-electron chi connectivity index (χ1n) is 8.88. The lowest BCUT2D eigenvalue weighted by atomic mass is 10.0. The number of aryl methyl sites for hydroxylation is 1. The van der Waals surface area contributed by atoms with E-state index in [4.69, 9.17) is 0 Å². The molecule has 1 aliphatic heterocycles. The van der Waals surface area contributed by atoms with Gasteiger partial charge in [-0.05, 0) is 30.2 Å². The average molecular weight is 360 g/mol. The van der Waals surface area contributed by atoms with Gasteiger partial charge in [0.05, 0.1) is 18.2 Å². The van der Waals surface area contributed by atoms with Crippen LogP contribution in [0.3, 0.4) is 0 Å². The standard InChI is InChI=1S/C21H20N4O2/c1-14-22-10-11-25(14)19-9-5-2-6-15(19)13-23-20(26)12-18-16-7-3-4-8-17(16)21(27)24-18/h2-11,18H,12-13H2,1H3,(H,23,26)(H,24,27)/t18-/m1/s1. The number of rotatable bonds is 5. The summed E-state index contributed by atoms with van der Waals surface area (Å²) in [6, 6.07) is 15.0. The second-order valence-corrected chi connectivity index (χ2v) is 6.57. The molecule has 6 heteroatoms. The van der Waals surface area contributed by atoms with E-state index >= 15 is 0 Å². The second-order valence-electron chi connectivity index (χ2n) is 6.57. The molecule has 0 aliphatic carbocycles. The van der Waals surface area contributed by atoms with Crippen molar-refractivity contribution >= 4 is 11.8 Å². The molecule has 2 aromatic carbocycles. The quantitative estimate of drug-likeness (QED) is 0.734. The highest BCUT2D eigenvalue weighted by Gasteiger charge is 2.29. The van der Waals surface area contributed by atoms with E-state index in [9.17, 15) is 9.59 Å². The van der Waals surface area contributed by atoms with Crippen molar-refractivity contribution in [3.8, 4) is 5.69 Å². The van der Waals surface area contributed by atoms with Crippen molar-refractivity contribution in [2.24, 2.45) is 0 Å². The van der Waals surface area contributed by atoms with E-state index in [0.717, 1.165) is 22.6 Å². The van der Waals surface area contributed by atoms with E-state index in [-0.39, 0.29) is 24.3 Å². The van der Waals surface area contributed by atoms with Gasteiger partial charge in [0.25, 0.3) is 5.91 Å². The van der Waals surface area contributed by atoms with Crippen molar-refractivity contribution in [3.63, 3.8) is 0 Å². The van der Waals surface area contributed by atoms with E-state index in [1.165, 1.54) is 0 Å². The van der Waals surface area contributed by atoms with Crippen LogP contribution >= 0.6 is 0 Å². The van der Waals surface area contributed by atoms with Gasteiger partial charge in [0.1, 0.15) is 5.82 Å². The first-order valence-corrected chi connectivity index (χ1v) is 8.88. The van der Waals surface area contributed by atoms with Crippen LogP contribution in [0.4, 0.5) is 0 Å². The number of para-hydroxylation sites is 1. The van der Waals surface area contributed by atoms with Gasteiger partial charge in [-0.25, -0.2) is 4.98 Å². The molecule has 1 aliphatic rings. The van der Waals surface area contributed by atoms with Gasteiger partial charge >= 0.3 is 0 Å². The first kappa shape index (κ1) is 17.0. The van der Waals surface area contributed by atoms with Crippen LogP contribution in [-0.2, 0) is 11.3 Å². The molecular formula is C21H20N4O2. The van der Waals surface area contributed by atoms with Gasteiger partial charge in [-0.1, -0.05) is 36.4 Å². The summed E-state index contributed by atoms with van der Waals surface area (Å²) >= 11 is 0. The Morgan fingerprint density at radius 1 is 1.19 bits per heavy atom. The summed E-state index contributed by atoms with van der Waals surface area (Å²) in [4.78, 5) is 28.7. The molecule has 0 radical (unpaired) electrons. The maximum Gasteiger partial charge on any atom is 0.252 e. The molecule has 1 atom stereocenters. The van der Waals surface area contributed by atoms with Gasteiger partial charge in [-0.15, -0.1) is 0 Å². The molecule has 6 nitrogen and oxygen atoms in total. The summed E-state index contributed by atoms with van der Waals surface area (Å²) in [6.07, 6.45) is 3.88. The predicted octanol–water partition coefficient (Wildman–Crippen LogP) is 2.67. The van der Waals surface area contributed by atoms with E-state index in [1.54, 1.807) is 12.3 Å². The highest BCUT2D eigenvalue weighted by atomic mass is 16.2. The second kappa shape index (κ2) is 7.07. The third-order valence-electron chi connectivity index (χ3n) is 4.83. The highest BCUT2D eigenvalue weighted by molar-refractivity contribution is 5.99. The Hall–Kier alpha value is -3.41. The molecule has 4 rings (SSSR count). The zero-order valence-corrected chi connectivity index (χ0v) is 15.0. The van der Waals surface area contributed by atoms with E-state index < -0.39 is 0 Å². The molecule has 27 heavy (non-hydrogen) atoms. The molecule has 136 valence electrons. The number of hydrogen-bond donors (Lipinski definition) is 2. The topological polar surface area (TPSA) is 76.0 Å². The molecule has 2 heterocycles. The molecular weight excluding hydrogens is 340 g/mol. The van der Waals surface area contributed by atoms with Crippen molar-refractivity contribution in [3.05, 3.63) is 83.4 Å². The third-order valence-corrected chi connectivity index (χ3v) is 4.83. The Balaban J connectivity index is 1.44. The molecule has 2 amide bonds. The van der Waals surface area contributed by atoms with Crippen molar-refractivity contribution in [2.75, 3.05) is 0 Å². The Morgan fingerprint density at radius 2 is 1.96 bits per heavy atom. The van der Waals surface area contributed by atoms with E-state index in [1.807, 2.05) is 60.2 Å². The minimum Gasteiger partial charge on any atom is -0.352 e. The summed E-state index contributed by atoms with van der Waals surface area (Å²) in [6.45, 7) is 2.35. The Bertz CT molecular complexity index is 1010. The van der Waals surface area contributed by atoms with Crippen molar-refractivity contribution in [2.45, 2.75) is 25.9 Å². The Kier molecular flexibility index (Phi) is 4.46. The van der Waals surface area contributed by atoms with Crippen molar-refractivity contribution in [1.29, 1.82) is 0 Å². The number of benzene rings is 2. The van der Waals surface area contributed by atoms with Crippen LogP contribution in [0.25, 0.3) is 5.69 Å². The monoisotopic (exact) mass is 360 g/mol. The molecule has 0 spiro atoms. The maximum absolute atomic E-state index is 12.5. The number of amides is 2. The number of aromatic nitrogens is 2. The largest absolute Gasteiger partial charge is 0.352 e. The first-order chi connectivity index (χ1) is 13.1. The van der Waals surface area contributed by atoms with Gasteiger partial charge in [0.2, 0.25) is 5.91 Å². The zero-order chi connectivity index (χ0) is 18.8. The molecule has 0 saturated carbocycles. The number of fused-ring (bicyclic) bond motifs is 1. The Morgan fingerprint density at radius 3 is 2.78 bits per heavy atom. The van der Waals surface area contributed by atoms with Gasteiger partial charge in [-0.3, -0.25) is 9.59 Å². The fraction of sp³-hybridized carbons (Fsp3) is 0.190. The number of imidazole rings is 1. The number of carbonyl (C=O) groups excluding carboxylic acids is 2.